The van der Waals surface area contributed by atoms with E-state index in [1.54, 1.807) is 42.1 Å². The molecular formula is C13H13N3O4. The van der Waals surface area contributed by atoms with Crippen molar-refractivity contribution in [1.29, 1.82) is 0 Å². The van der Waals surface area contributed by atoms with Crippen molar-refractivity contribution in [1.82, 2.24) is 9.55 Å². The van der Waals surface area contributed by atoms with Gasteiger partial charge in [0, 0.05) is 25.0 Å². The third-order valence-corrected chi connectivity index (χ3v) is 2.39. The van der Waals surface area contributed by atoms with Crippen molar-refractivity contribution in [3.8, 4) is 5.75 Å². The summed E-state index contributed by atoms with van der Waals surface area (Å²) >= 11 is 0. The average Bonchev–Trinajstić information content (AvgIpc) is 2.84. The number of anilines is 1. The van der Waals surface area contributed by atoms with Gasteiger partial charge in [-0.15, -0.1) is 0 Å². The molecule has 2 rings (SSSR count). The van der Waals surface area contributed by atoms with E-state index in [1.807, 2.05) is 0 Å². The predicted molar refractivity (Wildman–Crippen MR) is 70.7 cm³/mol. The van der Waals surface area contributed by atoms with Gasteiger partial charge >= 0.3 is 5.97 Å². The van der Waals surface area contributed by atoms with E-state index < -0.39 is 12.6 Å². The number of carbonyl (C=O) groups is 2. The van der Waals surface area contributed by atoms with Crippen molar-refractivity contribution < 1.29 is 19.4 Å². The van der Waals surface area contributed by atoms with Crippen LogP contribution in [0.15, 0.2) is 36.8 Å². The highest BCUT2D eigenvalue weighted by molar-refractivity contribution is 6.02. The minimum absolute atomic E-state index is 0.296. The van der Waals surface area contributed by atoms with Crippen LogP contribution in [0.2, 0.25) is 0 Å². The van der Waals surface area contributed by atoms with E-state index in [0.29, 0.717) is 17.1 Å². The molecule has 0 spiro atoms. The first-order chi connectivity index (χ1) is 9.54. The molecule has 0 aliphatic heterocycles. The van der Waals surface area contributed by atoms with Crippen LogP contribution in [0.25, 0.3) is 0 Å². The van der Waals surface area contributed by atoms with Crippen molar-refractivity contribution in [2.24, 2.45) is 7.05 Å². The molecule has 0 unspecified atom stereocenters. The molecule has 2 aromatic rings. The highest BCUT2D eigenvalue weighted by Gasteiger charge is 2.09. The van der Waals surface area contributed by atoms with Gasteiger partial charge in [-0.25, -0.2) is 9.78 Å². The normalized spacial score (nSPS) is 10.1. The lowest BCUT2D eigenvalue weighted by molar-refractivity contribution is -0.139. The number of nitrogens with zero attached hydrogens (tertiary/aromatic N) is 2. The Bertz CT molecular complexity index is 636. The van der Waals surface area contributed by atoms with Crippen molar-refractivity contribution in [2.45, 2.75) is 0 Å². The van der Waals surface area contributed by atoms with E-state index in [1.165, 1.54) is 6.33 Å². The molecule has 0 atom stereocenters. The lowest BCUT2D eigenvalue weighted by Crippen LogP contribution is -2.13. The molecule has 0 saturated heterocycles. The number of ether oxygens (including phenoxy) is 1. The number of carboxylic acid groups (broad SMARTS) is 1. The van der Waals surface area contributed by atoms with Crippen LogP contribution < -0.4 is 10.1 Å². The molecule has 0 fully saturated rings. The molecular weight excluding hydrogens is 262 g/mol. The number of amides is 1. The summed E-state index contributed by atoms with van der Waals surface area (Å²) < 4.78 is 6.70. The Balaban J connectivity index is 2.04. The molecule has 7 heteroatoms. The van der Waals surface area contributed by atoms with Gasteiger partial charge in [-0.3, -0.25) is 4.79 Å². The molecule has 2 N–H and O–H groups in total. The molecule has 1 heterocycles. The molecule has 20 heavy (non-hydrogen) atoms. The average molecular weight is 275 g/mol. The first-order valence-corrected chi connectivity index (χ1v) is 5.78. The summed E-state index contributed by atoms with van der Waals surface area (Å²) in [7, 11) is 1.77. The number of imidazole rings is 1. The third-order valence-electron chi connectivity index (χ3n) is 2.39. The summed E-state index contributed by atoms with van der Waals surface area (Å²) in [4.78, 5) is 26.2. The first kappa shape index (κ1) is 13.6. The summed E-state index contributed by atoms with van der Waals surface area (Å²) in [6.45, 7) is -0.433. The Morgan fingerprint density at radius 2 is 2.25 bits per heavy atom. The van der Waals surface area contributed by atoms with E-state index in [9.17, 15) is 9.59 Å². The van der Waals surface area contributed by atoms with Gasteiger partial charge in [-0.05, 0) is 12.1 Å². The Kier molecular flexibility index (Phi) is 3.99. The van der Waals surface area contributed by atoms with E-state index in [-0.39, 0.29) is 5.91 Å². The van der Waals surface area contributed by atoms with Crippen molar-refractivity contribution in [2.75, 3.05) is 11.9 Å². The second kappa shape index (κ2) is 5.87. The zero-order valence-corrected chi connectivity index (χ0v) is 10.7. The fourth-order valence-electron chi connectivity index (χ4n) is 1.53. The summed E-state index contributed by atoms with van der Waals surface area (Å²) in [5.41, 5.74) is 0.799. The Hall–Kier alpha value is -2.83. The van der Waals surface area contributed by atoms with Crippen molar-refractivity contribution in [3.05, 3.63) is 42.5 Å². The van der Waals surface area contributed by atoms with Crippen LogP contribution in [0.4, 0.5) is 5.69 Å². The van der Waals surface area contributed by atoms with E-state index in [4.69, 9.17) is 9.84 Å². The third kappa shape index (κ3) is 3.58. The van der Waals surface area contributed by atoms with Crippen LogP contribution >= 0.6 is 0 Å². The van der Waals surface area contributed by atoms with Gasteiger partial charge in [0.25, 0.3) is 5.91 Å². The molecule has 0 radical (unpaired) electrons. The smallest absolute Gasteiger partial charge is 0.341 e. The Morgan fingerprint density at radius 3 is 2.90 bits per heavy atom. The SMILES string of the molecule is Cn1cnc(C(=O)Nc2cccc(OCC(=O)O)c2)c1. The minimum atomic E-state index is -1.06. The number of hydrogen-bond acceptors (Lipinski definition) is 4. The van der Waals surface area contributed by atoms with Crippen molar-refractivity contribution in [3.63, 3.8) is 0 Å². The zero-order valence-electron chi connectivity index (χ0n) is 10.7. The minimum Gasteiger partial charge on any atom is -0.482 e. The molecule has 0 aliphatic rings. The lowest BCUT2D eigenvalue weighted by Gasteiger charge is -2.06. The van der Waals surface area contributed by atoms with E-state index >= 15 is 0 Å². The topological polar surface area (TPSA) is 93.5 Å². The summed E-state index contributed by atoms with van der Waals surface area (Å²) in [5, 5.41) is 11.2. The molecule has 1 aromatic heterocycles. The van der Waals surface area contributed by atoms with Gasteiger partial charge in [0.1, 0.15) is 11.4 Å². The summed E-state index contributed by atoms with van der Waals surface area (Å²) in [6.07, 6.45) is 3.13. The van der Waals surface area contributed by atoms with Crippen LogP contribution in [-0.2, 0) is 11.8 Å². The second-order valence-corrected chi connectivity index (χ2v) is 4.09. The lowest BCUT2D eigenvalue weighted by atomic mass is 10.3. The maximum Gasteiger partial charge on any atom is 0.341 e. The fraction of sp³-hybridized carbons (Fsp3) is 0.154. The standard InChI is InChI=1S/C13H13N3O4/c1-16-6-11(14-8-16)13(19)15-9-3-2-4-10(5-9)20-7-12(17)18/h2-6,8H,7H2,1H3,(H,15,19)(H,17,18). The van der Waals surface area contributed by atoms with Gasteiger partial charge in [-0.1, -0.05) is 6.07 Å². The predicted octanol–water partition coefficient (Wildman–Crippen LogP) is 1.14. The molecule has 1 amide bonds. The number of carboxylic acids is 1. The molecule has 0 saturated carbocycles. The number of hydrogen-bond donors (Lipinski definition) is 2. The number of aromatic nitrogens is 2. The van der Waals surface area contributed by atoms with Crippen LogP contribution in [0, 0.1) is 0 Å². The molecule has 104 valence electrons. The highest BCUT2D eigenvalue weighted by Crippen LogP contribution is 2.17. The maximum absolute atomic E-state index is 11.9. The van der Waals surface area contributed by atoms with Gasteiger partial charge in [0.05, 0.1) is 6.33 Å². The van der Waals surface area contributed by atoms with Crippen LogP contribution in [0.5, 0.6) is 5.75 Å². The first-order valence-electron chi connectivity index (χ1n) is 5.78. The molecule has 0 bridgehead atoms. The van der Waals surface area contributed by atoms with Gasteiger partial charge in [0.15, 0.2) is 6.61 Å². The highest BCUT2D eigenvalue weighted by atomic mass is 16.5. The number of nitrogens with one attached hydrogen (secondary N) is 1. The Morgan fingerprint density at radius 1 is 1.45 bits per heavy atom. The molecule has 7 nitrogen and oxygen atoms in total. The number of benzene rings is 1. The van der Waals surface area contributed by atoms with Gasteiger partial charge in [0.2, 0.25) is 0 Å². The monoisotopic (exact) mass is 275 g/mol. The Labute approximate surface area is 114 Å². The molecule has 0 aliphatic carbocycles. The number of aliphatic carboxylic acids is 1. The zero-order chi connectivity index (χ0) is 14.5. The van der Waals surface area contributed by atoms with Crippen LogP contribution in [0.3, 0.4) is 0 Å². The second-order valence-electron chi connectivity index (χ2n) is 4.09. The summed E-state index contributed by atoms with van der Waals surface area (Å²) in [6, 6.07) is 6.49. The van der Waals surface area contributed by atoms with Crippen LogP contribution in [0.1, 0.15) is 10.5 Å². The van der Waals surface area contributed by atoms with Gasteiger partial charge < -0.3 is 19.7 Å². The number of rotatable bonds is 5. The van der Waals surface area contributed by atoms with Crippen LogP contribution in [-0.4, -0.2) is 33.1 Å². The van der Waals surface area contributed by atoms with E-state index in [0.717, 1.165) is 0 Å². The van der Waals surface area contributed by atoms with E-state index in [2.05, 4.69) is 10.3 Å². The fourth-order valence-corrected chi connectivity index (χ4v) is 1.53. The quantitative estimate of drug-likeness (QED) is 0.853. The van der Waals surface area contributed by atoms with Gasteiger partial charge in [-0.2, -0.15) is 0 Å². The maximum atomic E-state index is 11.9. The summed E-state index contributed by atoms with van der Waals surface area (Å²) in [5.74, 6) is -1.04. The van der Waals surface area contributed by atoms with Crippen molar-refractivity contribution >= 4 is 17.6 Å². The number of aryl methyl sites for hydroxylation is 1. The molecule has 1 aromatic carbocycles. The number of carbonyl (C=O) groups excluding carboxylic acids is 1. The largest absolute Gasteiger partial charge is 0.482 e.